The number of benzene rings is 2. The summed E-state index contributed by atoms with van der Waals surface area (Å²) in [5.41, 5.74) is 23.2. The molecule has 0 unspecified atom stereocenters. The Kier molecular flexibility index (Phi) is 20.3. The fraction of sp³-hybridized carbons (Fsp3) is 0.419. The van der Waals surface area contributed by atoms with Crippen LogP contribution in [0.2, 0.25) is 0 Å². The van der Waals surface area contributed by atoms with Gasteiger partial charge in [0.1, 0.15) is 53.5 Å². The van der Waals surface area contributed by atoms with Crippen LogP contribution in [0.1, 0.15) is 53.4 Å². The molecule has 20 nitrogen and oxygen atoms in total. The van der Waals surface area contributed by atoms with E-state index in [1.54, 1.807) is 24.3 Å². The summed E-state index contributed by atoms with van der Waals surface area (Å²) in [4.78, 5) is 74.0. The van der Waals surface area contributed by atoms with Gasteiger partial charge in [0.05, 0.1) is 14.2 Å². The van der Waals surface area contributed by atoms with E-state index in [2.05, 4.69) is 20.6 Å². The molecular weight excluding hydrogens is 821 g/mol. The van der Waals surface area contributed by atoms with Gasteiger partial charge < -0.3 is 66.4 Å². The number of guanidine groups is 2. The van der Waals surface area contributed by atoms with Crippen LogP contribution in [0, 0.1) is 0 Å². The molecule has 0 aliphatic carbocycles. The van der Waals surface area contributed by atoms with E-state index in [1.165, 1.54) is 26.4 Å². The average molecular weight is 879 g/mol. The van der Waals surface area contributed by atoms with E-state index in [0.29, 0.717) is 30.8 Å². The van der Waals surface area contributed by atoms with Crippen LogP contribution >= 0.6 is 0 Å². The molecule has 63 heavy (non-hydrogen) atoms. The summed E-state index contributed by atoms with van der Waals surface area (Å²) in [6.45, 7) is 7.17. The number of fused-ring (bicyclic) bond motifs is 1. The molecule has 0 bridgehead atoms. The van der Waals surface area contributed by atoms with Crippen LogP contribution in [0.5, 0.6) is 23.0 Å². The maximum atomic E-state index is 14.6. The first-order chi connectivity index (χ1) is 30.0. The van der Waals surface area contributed by atoms with Crippen molar-refractivity contribution in [3.63, 3.8) is 0 Å². The van der Waals surface area contributed by atoms with Gasteiger partial charge in [0.15, 0.2) is 30.9 Å². The highest BCUT2D eigenvalue weighted by atomic mass is 16.5. The van der Waals surface area contributed by atoms with E-state index in [1.807, 2.05) is 39.8 Å². The Bertz CT molecular complexity index is 2220. The number of aliphatic imine (C=N–C) groups is 2. The first-order valence-electron chi connectivity index (χ1n) is 19.9. The van der Waals surface area contributed by atoms with Crippen LogP contribution in [-0.4, -0.2) is 101 Å². The molecule has 20 heteroatoms. The fourth-order valence-electron chi connectivity index (χ4n) is 5.62. The van der Waals surface area contributed by atoms with Crippen molar-refractivity contribution in [3.8, 4) is 34.3 Å². The molecule has 0 saturated heterocycles. The highest BCUT2D eigenvalue weighted by Gasteiger charge is 2.26. The summed E-state index contributed by atoms with van der Waals surface area (Å²) in [6, 6.07) is 7.37. The lowest BCUT2D eigenvalue weighted by Crippen LogP contribution is -2.43. The summed E-state index contributed by atoms with van der Waals surface area (Å²) in [5, 5.41) is 4.97. The third-order valence-electron chi connectivity index (χ3n) is 8.73. The maximum absolute atomic E-state index is 14.6. The van der Waals surface area contributed by atoms with Gasteiger partial charge in [-0.2, -0.15) is 0 Å². The van der Waals surface area contributed by atoms with Gasteiger partial charge in [-0.1, -0.05) is 11.1 Å². The number of allylic oxidation sites excluding steroid dienone is 2. The minimum absolute atomic E-state index is 0.0144. The number of nitrogens with two attached hydrogens (primary N) is 4. The standard InChI is InChI=1S/C43H58N8O12/c1-25(2)15-19-59-28-13-11-27(12-14-28)38-39(62-24-35(53)51-31(41(56)58-6)10-8-18-49-43(46)47)37(54)36-32(21-29(22-33(36)63-38)60-20-16-26(3)4)61-23-34(52)50-30(40(55)57-5)9-7-17-48-42(44)45/h11-16,21-22,30-31H,7-10,17-20,23-24H2,1-6H3,(H,50,52)(H,51,53)(H4,44,45,48)(H4,46,47,49)/t30-,31-/m0/s1. The van der Waals surface area contributed by atoms with E-state index in [-0.39, 0.29) is 72.7 Å². The van der Waals surface area contributed by atoms with E-state index in [0.717, 1.165) is 11.1 Å². The molecule has 0 aliphatic heterocycles. The Hall–Kier alpha value is -7.25. The molecule has 2 atom stereocenters. The number of nitrogens with one attached hydrogen (secondary N) is 2. The second kappa shape index (κ2) is 25.5. The third kappa shape index (κ3) is 17.0. The summed E-state index contributed by atoms with van der Waals surface area (Å²) < 4.78 is 39.7. The SMILES string of the molecule is COC(=O)[C@H](CCCN=C(N)N)NC(=O)COc1c(-c2ccc(OCC=C(C)C)cc2)oc2cc(OCC=C(C)C)cc(OCC(=O)N[C@@H](CCCN=C(N)N)C(=O)OC)c2c1=O. The summed E-state index contributed by atoms with van der Waals surface area (Å²) in [6.07, 6.45) is 4.69. The van der Waals surface area contributed by atoms with Crippen molar-refractivity contribution in [2.45, 2.75) is 65.5 Å². The van der Waals surface area contributed by atoms with Gasteiger partial charge in [-0.25, -0.2) is 9.59 Å². The van der Waals surface area contributed by atoms with Gasteiger partial charge in [0.25, 0.3) is 11.8 Å². The second-order valence-electron chi connectivity index (χ2n) is 14.4. The van der Waals surface area contributed by atoms with Gasteiger partial charge in [-0.3, -0.25) is 24.4 Å². The van der Waals surface area contributed by atoms with Gasteiger partial charge in [-0.05, 0) is 89.8 Å². The van der Waals surface area contributed by atoms with Crippen LogP contribution in [0.3, 0.4) is 0 Å². The molecule has 0 spiro atoms. The van der Waals surface area contributed by atoms with Crippen molar-refractivity contribution in [2.75, 3.05) is 53.7 Å². The Morgan fingerprint density at radius 3 is 1.67 bits per heavy atom. The number of methoxy groups -OCH3 is 2. The molecule has 2 aromatic carbocycles. The minimum atomic E-state index is -1.08. The van der Waals surface area contributed by atoms with Gasteiger partial charge in [0, 0.05) is 30.8 Å². The lowest BCUT2D eigenvalue weighted by molar-refractivity contribution is -0.145. The predicted octanol–water partition coefficient (Wildman–Crippen LogP) is 2.33. The number of rotatable bonds is 25. The molecule has 0 saturated carbocycles. The summed E-state index contributed by atoms with van der Waals surface area (Å²) in [7, 11) is 2.36. The zero-order valence-corrected chi connectivity index (χ0v) is 36.4. The molecule has 0 radical (unpaired) electrons. The van der Waals surface area contributed by atoms with Crippen molar-refractivity contribution < 1.29 is 52.0 Å². The molecule has 342 valence electrons. The molecule has 0 fully saturated rings. The summed E-state index contributed by atoms with van der Waals surface area (Å²) in [5.74, 6) is -3.00. The molecule has 3 aromatic rings. The second-order valence-corrected chi connectivity index (χ2v) is 14.4. The third-order valence-corrected chi connectivity index (χ3v) is 8.73. The van der Waals surface area contributed by atoms with Crippen LogP contribution in [0.4, 0.5) is 0 Å². The Labute approximate surface area is 365 Å². The van der Waals surface area contributed by atoms with Crippen molar-refractivity contribution in [3.05, 3.63) is 69.9 Å². The number of hydrogen-bond donors (Lipinski definition) is 6. The van der Waals surface area contributed by atoms with Crippen LogP contribution in [0.15, 0.2) is 78.9 Å². The van der Waals surface area contributed by atoms with E-state index < -0.39 is 60.2 Å². The number of carbonyl (C=O) groups is 4. The topological polar surface area (TPSA) is 307 Å². The van der Waals surface area contributed by atoms with E-state index in [4.69, 9.17) is 55.8 Å². The number of esters is 2. The number of nitrogens with zero attached hydrogens (tertiary/aromatic N) is 2. The molecular formula is C43H58N8O12. The van der Waals surface area contributed by atoms with Gasteiger partial charge >= 0.3 is 11.9 Å². The smallest absolute Gasteiger partial charge is 0.328 e. The quantitative estimate of drug-likeness (QED) is 0.0234. The Balaban J connectivity index is 2.09. The van der Waals surface area contributed by atoms with Gasteiger partial charge in [0.2, 0.25) is 11.2 Å². The largest absolute Gasteiger partial charge is 0.490 e. The molecule has 10 N–H and O–H groups in total. The number of ether oxygens (including phenoxy) is 6. The minimum Gasteiger partial charge on any atom is -0.490 e. The summed E-state index contributed by atoms with van der Waals surface area (Å²) >= 11 is 0. The molecule has 2 amide bonds. The predicted molar refractivity (Wildman–Crippen MR) is 236 cm³/mol. The van der Waals surface area contributed by atoms with Crippen LogP contribution in [0.25, 0.3) is 22.3 Å². The molecule has 1 heterocycles. The Morgan fingerprint density at radius 1 is 0.698 bits per heavy atom. The van der Waals surface area contributed by atoms with Crippen molar-refractivity contribution >= 4 is 46.6 Å². The van der Waals surface area contributed by atoms with Crippen molar-refractivity contribution in [2.24, 2.45) is 32.9 Å². The number of amides is 2. The van der Waals surface area contributed by atoms with E-state index >= 15 is 0 Å². The van der Waals surface area contributed by atoms with Crippen LogP contribution < -0.4 is 57.9 Å². The lowest BCUT2D eigenvalue weighted by atomic mass is 10.1. The Morgan fingerprint density at radius 2 is 1.19 bits per heavy atom. The molecule has 0 aliphatic rings. The normalized spacial score (nSPS) is 11.5. The first-order valence-corrected chi connectivity index (χ1v) is 19.9. The zero-order chi connectivity index (χ0) is 46.5. The number of hydrogen-bond acceptors (Lipinski definition) is 14. The highest BCUT2D eigenvalue weighted by molar-refractivity contribution is 5.90. The van der Waals surface area contributed by atoms with Crippen molar-refractivity contribution in [1.29, 1.82) is 0 Å². The molecule has 3 rings (SSSR count). The lowest BCUT2D eigenvalue weighted by Gasteiger charge is -2.18. The average Bonchev–Trinajstić information content (AvgIpc) is 3.23. The fourth-order valence-corrected chi connectivity index (χ4v) is 5.62. The first kappa shape index (κ1) is 50.1. The van der Waals surface area contributed by atoms with Crippen LogP contribution in [-0.2, 0) is 28.7 Å². The van der Waals surface area contributed by atoms with Gasteiger partial charge in [-0.15, -0.1) is 0 Å². The highest BCUT2D eigenvalue weighted by Crippen LogP contribution is 2.37. The maximum Gasteiger partial charge on any atom is 0.328 e. The van der Waals surface area contributed by atoms with Crippen molar-refractivity contribution in [1.82, 2.24) is 10.6 Å². The molecule has 1 aromatic heterocycles. The number of carbonyl (C=O) groups excluding carboxylic acids is 4. The zero-order valence-electron chi connectivity index (χ0n) is 36.4. The van der Waals surface area contributed by atoms with E-state index in [9.17, 15) is 24.0 Å². The monoisotopic (exact) mass is 878 g/mol.